The van der Waals surface area contributed by atoms with Gasteiger partial charge in [-0.1, -0.05) is 32.0 Å². The number of halogens is 6. The predicted molar refractivity (Wildman–Crippen MR) is 104 cm³/mol. The van der Waals surface area contributed by atoms with E-state index in [-0.39, 0.29) is 23.7 Å². The summed E-state index contributed by atoms with van der Waals surface area (Å²) in [6.45, 7) is 5.20. The second kappa shape index (κ2) is 8.70. The number of aromatic nitrogens is 1. The lowest BCUT2D eigenvalue weighted by Gasteiger charge is -2.27. The van der Waals surface area contributed by atoms with Crippen LogP contribution < -0.4 is 9.34 Å². The van der Waals surface area contributed by atoms with Crippen molar-refractivity contribution < 1.29 is 47.7 Å². The maximum Gasteiger partial charge on any atom is 0.517 e. The number of hydrogen-bond acceptors (Lipinski definition) is 6. The minimum Gasteiger partial charge on any atom is -0.336 e. The molecule has 2 aromatic rings. The van der Waals surface area contributed by atoms with E-state index in [1.54, 1.807) is 13.8 Å². The van der Waals surface area contributed by atoms with Crippen LogP contribution in [0.3, 0.4) is 0 Å². The van der Waals surface area contributed by atoms with Gasteiger partial charge < -0.3 is 4.52 Å². The van der Waals surface area contributed by atoms with Gasteiger partial charge in [0.2, 0.25) is 0 Å². The largest absolute Gasteiger partial charge is 0.517 e. The van der Waals surface area contributed by atoms with Crippen LogP contribution in [0.15, 0.2) is 33.6 Å². The Morgan fingerprint density at radius 2 is 1.45 bits per heavy atom. The quantitative estimate of drug-likeness (QED) is 0.514. The highest BCUT2D eigenvalue weighted by molar-refractivity contribution is 8.11. The first kappa shape index (κ1) is 26.8. The van der Waals surface area contributed by atoms with E-state index in [2.05, 4.69) is 0 Å². The third-order valence-corrected chi connectivity index (χ3v) is 7.97. The van der Waals surface area contributed by atoms with Gasteiger partial charge in [-0.3, -0.25) is 0 Å². The Morgan fingerprint density at radius 3 is 1.91 bits per heavy atom. The lowest BCUT2D eigenvalue weighted by atomic mass is 10.0. The highest BCUT2D eigenvalue weighted by Crippen LogP contribution is 2.40. The van der Waals surface area contributed by atoms with Gasteiger partial charge in [0.25, 0.3) is 0 Å². The van der Waals surface area contributed by atoms with E-state index in [9.17, 15) is 48.0 Å². The molecule has 0 aliphatic heterocycles. The Balaban J connectivity index is 2.78. The molecule has 2 rings (SSSR count). The van der Waals surface area contributed by atoms with Crippen molar-refractivity contribution >= 4 is 25.7 Å². The van der Waals surface area contributed by atoms with E-state index in [4.69, 9.17) is 4.52 Å². The molecule has 1 aromatic carbocycles. The van der Waals surface area contributed by atoms with Crippen molar-refractivity contribution in [3.63, 3.8) is 0 Å². The van der Waals surface area contributed by atoms with Crippen LogP contribution in [0.25, 0.3) is 0 Å². The average molecular weight is 524 g/mol. The van der Waals surface area contributed by atoms with Gasteiger partial charge >= 0.3 is 36.7 Å². The molecule has 1 heterocycles. The van der Waals surface area contributed by atoms with Crippen molar-refractivity contribution in [2.24, 2.45) is 5.92 Å². The lowest BCUT2D eigenvalue weighted by Crippen LogP contribution is -2.49. The van der Waals surface area contributed by atoms with Crippen molar-refractivity contribution in [1.82, 2.24) is 4.74 Å². The van der Waals surface area contributed by atoms with Crippen LogP contribution in [0.5, 0.6) is 0 Å². The Hall–Kier alpha value is -2.49. The molecule has 0 bridgehead atoms. The second-order valence-electron chi connectivity index (χ2n) is 7.30. The number of benzene rings is 1. The summed E-state index contributed by atoms with van der Waals surface area (Å²) >= 11 is 0. The van der Waals surface area contributed by atoms with Gasteiger partial charge in [0, 0.05) is 6.42 Å². The van der Waals surface area contributed by atoms with Crippen LogP contribution in [0.2, 0.25) is 0 Å². The number of hydrogen-bond donors (Lipinski definition) is 0. The smallest absolute Gasteiger partial charge is 0.336 e. The summed E-state index contributed by atoms with van der Waals surface area (Å²) < 4.78 is 131. The van der Waals surface area contributed by atoms with E-state index < -0.39 is 58.1 Å². The molecule has 0 aliphatic carbocycles. The predicted octanol–water partition coefficient (Wildman–Crippen LogP) is 3.50. The molecule has 0 N–H and O–H groups in total. The molecule has 33 heavy (non-hydrogen) atoms. The minimum absolute atomic E-state index is 0.00346. The van der Waals surface area contributed by atoms with E-state index in [1.165, 1.54) is 11.7 Å². The molecular weight excluding hydrogens is 506 g/mol. The monoisotopic (exact) mass is 524 g/mol. The van der Waals surface area contributed by atoms with E-state index in [1.807, 2.05) is 0 Å². The zero-order valence-corrected chi connectivity index (χ0v) is 18.9. The van der Waals surface area contributed by atoms with Gasteiger partial charge in [0.05, 0.1) is 23.5 Å². The molecule has 0 fully saturated rings. The van der Waals surface area contributed by atoms with Crippen LogP contribution >= 0.6 is 0 Å². The fraction of sp³-hybridized carbons (Fsp3) is 0.471. The molecule has 0 amide bonds. The Labute approximate surface area is 184 Å². The van der Waals surface area contributed by atoms with Gasteiger partial charge in [-0.05, 0) is 24.5 Å². The van der Waals surface area contributed by atoms with Gasteiger partial charge in [-0.25, -0.2) is 9.53 Å². The van der Waals surface area contributed by atoms with Crippen molar-refractivity contribution in [1.29, 1.82) is 0 Å². The molecule has 8 nitrogen and oxygen atoms in total. The molecular formula is C17H18F6N2O6S2. The Morgan fingerprint density at radius 1 is 0.970 bits per heavy atom. The molecule has 186 valence electrons. The van der Waals surface area contributed by atoms with Crippen LogP contribution in [0.4, 0.5) is 32.0 Å². The van der Waals surface area contributed by atoms with Crippen molar-refractivity contribution in [3.05, 3.63) is 51.5 Å². The molecule has 0 spiro atoms. The summed E-state index contributed by atoms with van der Waals surface area (Å²) in [5.41, 5.74) is -15.8. The summed E-state index contributed by atoms with van der Waals surface area (Å²) in [7, 11) is -14.1. The zero-order chi connectivity index (χ0) is 25.6. The summed E-state index contributed by atoms with van der Waals surface area (Å²) in [6.07, 6.45) is -0.702. The second-order valence-corrected chi connectivity index (χ2v) is 11.1. The fourth-order valence-electron chi connectivity index (χ4n) is 2.83. The third kappa shape index (κ3) is 5.05. The SMILES string of the molecule is Cc1c(Cc2ccccc2N(S(=O)(=O)C(F)(F)F)S(=O)(=O)C(F)(F)F)c(=O)on1CC(C)C. The van der Waals surface area contributed by atoms with Gasteiger partial charge in [-0.2, -0.15) is 43.2 Å². The van der Waals surface area contributed by atoms with Crippen LogP contribution in [0, 0.1) is 12.8 Å². The lowest BCUT2D eigenvalue weighted by molar-refractivity contribution is -0.0462. The van der Waals surface area contributed by atoms with Crippen LogP contribution in [-0.4, -0.2) is 32.6 Å². The molecule has 0 aliphatic rings. The first-order chi connectivity index (χ1) is 14.8. The van der Waals surface area contributed by atoms with Crippen molar-refractivity contribution in [2.75, 3.05) is 3.71 Å². The topological polar surface area (TPSA) is 107 Å². The van der Waals surface area contributed by atoms with Gasteiger partial charge in [0.1, 0.15) is 0 Å². The zero-order valence-electron chi connectivity index (χ0n) is 17.2. The standard InChI is InChI=1S/C17H18F6N2O6S2/c1-10(2)9-24-11(3)13(15(26)31-24)8-12-6-4-5-7-14(12)25(32(27,28)16(18,19)20)33(29,30)17(21,22)23/h4-7,10H,8-9H2,1-3H3. The number of para-hydroxylation sites is 1. The molecule has 0 atom stereocenters. The molecule has 1 aromatic heterocycles. The number of alkyl halides is 6. The van der Waals surface area contributed by atoms with Crippen molar-refractivity contribution in [2.45, 2.75) is 44.8 Å². The van der Waals surface area contributed by atoms with Crippen molar-refractivity contribution in [3.8, 4) is 0 Å². The number of rotatable bonds is 7. The maximum atomic E-state index is 13.2. The molecule has 16 heteroatoms. The third-order valence-electron chi connectivity index (χ3n) is 4.36. The van der Waals surface area contributed by atoms with E-state index >= 15 is 0 Å². The normalized spacial score (nSPS) is 13.5. The summed E-state index contributed by atoms with van der Waals surface area (Å²) in [4.78, 5) is 12.2. The Kier molecular flexibility index (Phi) is 7.05. The fourth-order valence-corrected chi connectivity index (χ4v) is 5.62. The first-order valence-corrected chi connectivity index (χ1v) is 11.9. The molecule has 0 saturated carbocycles. The average Bonchev–Trinajstić information content (AvgIpc) is 2.87. The highest BCUT2D eigenvalue weighted by atomic mass is 32.3. The first-order valence-electron chi connectivity index (χ1n) is 9.03. The molecule has 0 saturated heterocycles. The van der Waals surface area contributed by atoms with Gasteiger partial charge in [-0.15, -0.1) is 3.71 Å². The summed E-state index contributed by atoms with van der Waals surface area (Å²) in [5.74, 6) is 0.00346. The minimum atomic E-state index is -7.06. The molecule has 0 radical (unpaired) electrons. The summed E-state index contributed by atoms with van der Waals surface area (Å²) in [5, 5.41) is 0. The number of sulfonamides is 2. The van der Waals surface area contributed by atoms with Crippen LogP contribution in [-0.2, 0) is 33.0 Å². The van der Waals surface area contributed by atoms with Crippen LogP contribution in [0.1, 0.15) is 30.7 Å². The van der Waals surface area contributed by atoms with E-state index in [0.717, 1.165) is 18.2 Å². The van der Waals surface area contributed by atoms with Gasteiger partial charge in [0.15, 0.2) is 0 Å². The summed E-state index contributed by atoms with van der Waals surface area (Å²) in [6, 6.07) is 3.34. The molecule has 0 unspecified atom stereocenters. The number of anilines is 1. The highest BCUT2D eigenvalue weighted by Gasteiger charge is 2.62. The van der Waals surface area contributed by atoms with E-state index in [0.29, 0.717) is 6.07 Å². The number of nitrogens with zero attached hydrogens (tertiary/aromatic N) is 2. The maximum absolute atomic E-state index is 13.2. The Bertz CT molecular complexity index is 1250.